The Morgan fingerprint density at radius 3 is 2.53 bits per heavy atom. The van der Waals surface area contributed by atoms with E-state index in [9.17, 15) is 0 Å². The van der Waals surface area contributed by atoms with Crippen molar-refractivity contribution in [1.82, 2.24) is 5.32 Å². The molecular weight excluding hydrogens is 186 g/mol. The van der Waals surface area contributed by atoms with E-state index in [1.165, 1.54) is 32.2 Å². The van der Waals surface area contributed by atoms with Crippen LogP contribution in [0.4, 0.5) is 0 Å². The molecule has 0 atom stereocenters. The van der Waals surface area contributed by atoms with E-state index in [4.69, 9.17) is 4.74 Å². The molecule has 0 aromatic heterocycles. The molecule has 0 unspecified atom stereocenters. The van der Waals surface area contributed by atoms with Crippen molar-refractivity contribution >= 4 is 0 Å². The maximum Gasteiger partial charge on any atom is 0.0590 e. The van der Waals surface area contributed by atoms with Gasteiger partial charge < -0.3 is 10.1 Å². The van der Waals surface area contributed by atoms with Crippen LogP contribution in [0.3, 0.4) is 0 Å². The first kappa shape index (κ1) is 13.0. The first-order valence-electron chi connectivity index (χ1n) is 6.47. The monoisotopic (exact) mass is 213 g/mol. The Kier molecular flexibility index (Phi) is 5.62. The smallest absolute Gasteiger partial charge is 0.0590 e. The molecule has 0 saturated heterocycles. The van der Waals surface area contributed by atoms with Gasteiger partial charge in [0.05, 0.1) is 6.61 Å². The summed E-state index contributed by atoms with van der Waals surface area (Å²) in [5.74, 6) is 0.757. The maximum atomic E-state index is 5.55. The van der Waals surface area contributed by atoms with Gasteiger partial charge in [-0.3, -0.25) is 0 Å². The summed E-state index contributed by atoms with van der Waals surface area (Å²) < 4.78 is 5.55. The number of hydrogen-bond donors (Lipinski definition) is 1. The molecule has 0 heterocycles. The third-order valence-corrected chi connectivity index (χ3v) is 3.47. The minimum absolute atomic E-state index is 0.665. The summed E-state index contributed by atoms with van der Waals surface area (Å²) in [6.07, 6.45) is 5.35. The van der Waals surface area contributed by atoms with Crippen LogP contribution in [-0.4, -0.2) is 26.3 Å². The van der Waals surface area contributed by atoms with Gasteiger partial charge in [-0.1, -0.05) is 20.8 Å². The average molecular weight is 213 g/mol. The van der Waals surface area contributed by atoms with Gasteiger partial charge in [-0.2, -0.15) is 0 Å². The summed E-state index contributed by atoms with van der Waals surface area (Å²) in [7, 11) is 0. The fourth-order valence-corrected chi connectivity index (χ4v) is 1.75. The lowest BCUT2D eigenvalue weighted by Crippen LogP contribution is -2.27. The molecule has 1 N–H and O–H groups in total. The van der Waals surface area contributed by atoms with Gasteiger partial charge in [0.2, 0.25) is 0 Å². The number of hydrogen-bond acceptors (Lipinski definition) is 2. The van der Waals surface area contributed by atoms with E-state index in [0.29, 0.717) is 5.41 Å². The largest absolute Gasteiger partial charge is 0.380 e. The van der Waals surface area contributed by atoms with Crippen molar-refractivity contribution in [2.45, 2.75) is 46.5 Å². The van der Waals surface area contributed by atoms with Crippen molar-refractivity contribution in [3.8, 4) is 0 Å². The zero-order chi connectivity index (χ0) is 11.1. The highest BCUT2D eigenvalue weighted by Crippen LogP contribution is 2.47. The molecule has 90 valence electrons. The molecule has 1 rings (SSSR count). The molecule has 0 spiro atoms. The molecule has 2 heteroatoms. The molecule has 15 heavy (non-hydrogen) atoms. The number of rotatable bonds is 9. The molecule has 0 aliphatic heterocycles. The fraction of sp³-hybridized carbons (Fsp3) is 1.00. The Labute approximate surface area is 94.8 Å². The Balaban J connectivity index is 1.81. The highest BCUT2D eigenvalue weighted by atomic mass is 16.5. The van der Waals surface area contributed by atoms with Crippen LogP contribution in [0.5, 0.6) is 0 Å². The molecule has 0 amide bonds. The number of nitrogens with one attached hydrogen (secondary N) is 1. The second-order valence-electron chi connectivity index (χ2n) is 5.33. The van der Waals surface area contributed by atoms with Crippen molar-refractivity contribution in [2.24, 2.45) is 11.3 Å². The van der Waals surface area contributed by atoms with Crippen LogP contribution in [0.25, 0.3) is 0 Å². The first-order valence-corrected chi connectivity index (χ1v) is 6.47. The second kappa shape index (κ2) is 6.49. The molecular formula is C13H27NO. The fourth-order valence-electron chi connectivity index (χ4n) is 1.75. The van der Waals surface area contributed by atoms with E-state index in [1.807, 2.05) is 0 Å². The molecule has 1 fully saturated rings. The first-order chi connectivity index (χ1) is 7.18. The molecule has 0 radical (unpaired) electrons. The van der Waals surface area contributed by atoms with Crippen LogP contribution in [0, 0.1) is 11.3 Å². The van der Waals surface area contributed by atoms with Crippen molar-refractivity contribution in [3.05, 3.63) is 0 Å². The Bertz CT molecular complexity index is 164. The van der Waals surface area contributed by atoms with Gasteiger partial charge in [-0.25, -0.2) is 0 Å². The van der Waals surface area contributed by atoms with Crippen molar-refractivity contribution < 1.29 is 4.74 Å². The van der Waals surface area contributed by atoms with E-state index in [-0.39, 0.29) is 0 Å². The van der Waals surface area contributed by atoms with Crippen LogP contribution in [0.2, 0.25) is 0 Å². The normalized spacial score (nSPS) is 18.4. The summed E-state index contributed by atoms with van der Waals surface area (Å²) in [6.45, 7) is 10.8. The van der Waals surface area contributed by atoms with Gasteiger partial charge in [0, 0.05) is 19.7 Å². The lowest BCUT2D eigenvalue weighted by atomic mass is 10.0. The van der Waals surface area contributed by atoms with E-state index in [2.05, 4.69) is 26.1 Å². The summed E-state index contributed by atoms with van der Waals surface area (Å²) >= 11 is 0. The van der Waals surface area contributed by atoms with Gasteiger partial charge in [-0.05, 0) is 37.0 Å². The molecule has 0 bridgehead atoms. The van der Waals surface area contributed by atoms with Crippen LogP contribution < -0.4 is 5.32 Å². The molecule has 1 saturated carbocycles. The van der Waals surface area contributed by atoms with Gasteiger partial charge >= 0.3 is 0 Å². The zero-order valence-electron chi connectivity index (χ0n) is 10.6. The quantitative estimate of drug-likeness (QED) is 0.595. The third-order valence-electron chi connectivity index (χ3n) is 3.47. The number of ether oxygens (including phenoxy) is 1. The Morgan fingerprint density at radius 2 is 2.00 bits per heavy atom. The van der Waals surface area contributed by atoms with E-state index in [1.54, 1.807) is 0 Å². The second-order valence-corrected chi connectivity index (χ2v) is 5.33. The van der Waals surface area contributed by atoms with Crippen LogP contribution >= 0.6 is 0 Å². The SMILES string of the molecule is CCC1(CNCCOCCC(C)C)CC1. The van der Waals surface area contributed by atoms with Gasteiger partial charge in [0.15, 0.2) is 0 Å². The molecule has 0 aromatic carbocycles. The van der Waals surface area contributed by atoms with Gasteiger partial charge in [0.1, 0.15) is 0 Å². The molecule has 0 aromatic rings. The van der Waals surface area contributed by atoms with Gasteiger partial charge in [0.25, 0.3) is 0 Å². The van der Waals surface area contributed by atoms with Crippen LogP contribution in [0.15, 0.2) is 0 Å². The minimum atomic E-state index is 0.665. The zero-order valence-corrected chi connectivity index (χ0v) is 10.6. The van der Waals surface area contributed by atoms with E-state index >= 15 is 0 Å². The summed E-state index contributed by atoms with van der Waals surface area (Å²) in [4.78, 5) is 0. The average Bonchev–Trinajstić information content (AvgIpc) is 2.97. The Morgan fingerprint density at radius 1 is 1.27 bits per heavy atom. The minimum Gasteiger partial charge on any atom is -0.380 e. The standard InChI is InChI=1S/C13H27NO/c1-4-13(6-7-13)11-14-8-10-15-9-5-12(2)3/h12,14H,4-11H2,1-3H3. The summed E-state index contributed by atoms with van der Waals surface area (Å²) in [5, 5.41) is 3.50. The maximum absolute atomic E-state index is 5.55. The van der Waals surface area contributed by atoms with Crippen molar-refractivity contribution in [3.63, 3.8) is 0 Å². The molecule has 2 nitrogen and oxygen atoms in total. The summed E-state index contributed by atoms with van der Waals surface area (Å²) in [6, 6.07) is 0. The molecule has 1 aliphatic carbocycles. The predicted octanol–water partition coefficient (Wildman–Crippen LogP) is 2.83. The van der Waals surface area contributed by atoms with Crippen LogP contribution in [-0.2, 0) is 4.74 Å². The lowest BCUT2D eigenvalue weighted by molar-refractivity contribution is 0.124. The van der Waals surface area contributed by atoms with Crippen molar-refractivity contribution in [1.29, 1.82) is 0 Å². The Hall–Kier alpha value is -0.0800. The third kappa shape index (κ3) is 5.53. The van der Waals surface area contributed by atoms with Gasteiger partial charge in [-0.15, -0.1) is 0 Å². The molecule has 1 aliphatic rings. The van der Waals surface area contributed by atoms with E-state index in [0.717, 1.165) is 25.7 Å². The lowest BCUT2D eigenvalue weighted by Gasteiger charge is -2.13. The highest BCUT2D eigenvalue weighted by molar-refractivity contribution is 4.93. The van der Waals surface area contributed by atoms with Crippen molar-refractivity contribution in [2.75, 3.05) is 26.3 Å². The topological polar surface area (TPSA) is 21.3 Å². The predicted molar refractivity (Wildman–Crippen MR) is 65.1 cm³/mol. The highest BCUT2D eigenvalue weighted by Gasteiger charge is 2.39. The van der Waals surface area contributed by atoms with Crippen LogP contribution in [0.1, 0.15) is 46.5 Å². The van der Waals surface area contributed by atoms with E-state index < -0.39 is 0 Å². The summed E-state index contributed by atoms with van der Waals surface area (Å²) in [5.41, 5.74) is 0.665.